The van der Waals surface area contributed by atoms with Crippen molar-refractivity contribution >= 4 is 28.8 Å². The summed E-state index contributed by atoms with van der Waals surface area (Å²) < 4.78 is 0. The van der Waals surface area contributed by atoms with Crippen molar-refractivity contribution in [3.05, 3.63) is 64.4 Å². The summed E-state index contributed by atoms with van der Waals surface area (Å²) in [5, 5.41) is 0.760. The van der Waals surface area contributed by atoms with Crippen molar-refractivity contribution in [2.24, 2.45) is 5.73 Å². The molecular formula is C15H16ClN3S. The Hall–Kier alpha value is -1.49. The monoisotopic (exact) mass is 305 g/mol. The zero-order chi connectivity index (χ0) is 14.5. The van der Waals surface area contributed by atoms with Gasteiger partial charge in [-0.25, -0.2) is 0 Å². The molecule has 0 saturated heterocycles. The van der Waals surface area contributed by atoms with Crippen molar-refractivity contribution in [3.63, 3.8) is 0 Å². The van der Waals surface area contributed by atoms with E-state index >= 15 is 0 Å². The van der Waals surface area contributed by atoms with Gasteiger partial charge in [0, 0.05) is 24.3 Å². The lowest BCUT2D eigenvalue weighted by Gasteiger charge is -2.17. The summed E-state index contributed by atoms with van der Waals surface area (Å²) in [4.78, 5) is 6.66. The van der Waals surface area contributed by atoms with Gasteiger partial charge in [-0.05, 0) is 42.4 Å². The first kappa shape index (κ1) is 14.9. The SMILES string of the molecule is CN(Cc1cccc(Cl)c1)Cc1ccnc(C(N)=S)c1. The molecule has 0 radical (unpaired) electrons. The summed E-state index contributed by atoms with van der Waals surface area (Å²) in [6.45, 7) is 1.62. The first-order valence-electron chi connectivity index (χ1n) is 6.22. The lowest BCUT2D eigenvalue weighted by atomic mass is 10.2. The van der Waals surface area contributed by atoms with Crippen molar-refractivity contribution in [2.45, 2.75) is 13.1 Å². The summed E-state index contributed by atoms with van der Waals surface area (Å²) >= 11 is 10.9. The molecule has 104 valence electrons. The Labute approximate surface area is 129 Å². The molecule has 0 bridgehead atoms. The number of rotatable bonds is 5. The molecule has 2 N–H and O–H groups in total. The number of pyridine rings is 1. The molecule has 1 aromatic carbocycles. The number of nitrogens with two attached hydrogens (primary N) is 1. The number of aromatic nitrogens is 1. The average molecular weight is 306 g/mol. The Balaban J connectivity index is 2.02. The van der Waals surface area contributed by atoms with Crippen LogP contribution in [0.15, 0.2) is 42.6 Å². The largest absolute Gasteiger partial charge is 0.388 e. The van der Waals surface area contributed by atoms with Crippen LogP contribution in [0.3, 0.4) is 0 Å². The third-order valence-electron chi connectivity index (χ3n) is 2.87. The second-order valence-corrected chi connectivity index (χ2v) is 5.59. The number of nitrogens with zero attached hydrogens (tertiary/aromatic N) is 2. The van der Waals surface area contributed by atoms with E-state index in [4.69, 9.17) is 29.6 Å². The molecule has 0 spiro atoms. The first-order valence-corrected chi connectivity index (χ1v) is 7.01. The maximum Gasteiger partial charge on any atom is 0.122 e. The molecule has 0 aliphatic rings. The molecular weight excluding hydrogens is 290 g/mol. The van der Waals surface area contributed by atoms with Crippen LogP contribution in [0.5, 0.6) is 0 Å². The van der Waals surface area contributed by atoms with Crippen molar-refractivity contribution in [3.8, 4) is 0 Å². The molecule has 0 fully saturated rings. The Morgan fingerprint density at radius 3 is 2.60 bits per heavy atom. The highest BCUT2D eigenvalue weighted by Crippen LogP contribution is 2.13. The van der Waals surface area contributed by atoms with E-state index in [-0.39, 0.29) is 0 Å². The van der Waals surface area contributed by atoms with Crippen molar-refractivity contribution < 1.29 is 0 Å². The third kappa shape index (κ3) is 4.27. The second-order valence-electron chi connectivity index (χ2n) is 4.72. The summed E-state index contributed by atoms with van der Waals surface area (Å²) in [5.74, 6) is 0. The molecule has 1 aromatic heterocycles. The predicted molar refractivity (Wildman–Crippen MR) is 86.7 cm³/mol. The van der Waals surface area contributed by atoms with E-state index in [9.17, 15) is 0 Å². The fourth-order valence-corrected chi connectivity index (χ4v) is 2.35. The zero-order valence-corrected chi connectivity index (χ0v) is 12.8. The number of hydrogen-bond acceptors (Lipinski definition) is 3. The molecule has 3 nitrogen and oxygen atoms in total. The fraction of sp³-hybridized carbons (Fsp3) is 0.200. The summed E-state index contributed by atoms with van der Waals surface area (Å²) in [6, 6.07) is 11.8. The second kappa shape index (κ2) is 6.79. The van der Waals surface area contributed by atoms with E-state index in [1.165, 1.54) is 5.56 Å². The normalized spacial score (nSPS) is 10.8. The van der Waals surface area contributed by atoms with E-state index < -0.39 is 0 Å². The molecule has 0 saturated carbocycles. The van der Waals surface area contributed by atoms with E-state index in [0.717, 1.165) is 23.7 Å². The highest BCUT2D eigenvalue weighted by molar-refractivity contribution is 7.80. The highest BCUT2D eigenvalue weighted by Gasteiger charge is 2.05. The van der Waals surface area contributed by atoms with Crippen LogP contribution in [0.2, 0.25) is 5.02 Å². The van der Waals surface area contributed by atoms with Crippen molar-refractivity contribution in [1.82, 2.24) is 9.88 Å². The molecule has 2 rings (SSSR count). The van der Waals surface area contributed by atoms with Crippen LogP contribution in [0, 0.1) is 0 Å². The topological polar surface area (TPSA) is 42.2 Å². The molecule has 1 heterocycles. The molecule has 0 atom stereocenters. The summed E-state index contributed by atoms with van der Waals surface area (Å²) in [7, 11) is 2.06. The fourth-order valence-electron chi connectivity index (χ4n) is 2.02. The van der Waals surface area contributed by atoms with Crippen LogP contribution in [-0.4, -0.2) is 21.9 Å². The van der Waals surface area contributed by atoms with Gasteiger partial charge in [-0.3, -0.25) is 9.88 Å². The molecule has 5 heteroatoms. The number of halogens is 1. The number of benzene rings is 1. The van der Waals surface area contributed by atoms with E-state index in [1.807, 2.05) is 30.3 Å². The van der Waals surface area contributed by atoms with Gasteiger partial charge in [0.25, 0.3) is 0 Å². The quantitative estimate of drug-likeness (QED) is 0.862. The van der Waals surface area contributed by atoms with E-state index in [2.05, 4.69) is 23.0 Å². The van der Waals surface area contributed by atoms with Gasteiger partial charge < -0.3 is 5.73 Å². The maximum absolute atomic E-state index is 5.99. The minimum absolute atomic E-state index is 0.323. The van der Waals surface area contributed by atoms with Crippen LogP contribution in [0.1, 0.15) is 16.8 Å². The molecule has 0 amide bonds. The maximum atomic E-state index is 5.99. The van der Waals surface area contributed by atoms with Crippen molar-refractivity contribution in [2.75, 3.05) is 7.05 Å². The van der Waals surface area contributed by atoms with E-state index in [1.54, 1.807) is 6.20 Å². The van der Waals surface area contributed by atoms with Crippen LogP contribution in [0.4, 0.5) is 0 Å². The van der Waals surface area contributed by atoms with Crippen LogP contribution < -0.4 is 5.73 Å². The Bertz CT molecular complexity index is 616. The third-order valence-corrected chi connectivity index (χ3v) is 3.32. The minimum atomic E-state index is 0.323. The molecule has 20 heavy (non-hydrogen) atoms. The van der Waals surface area contributed by atoms with Crippen LogP contribution in [-0.2, 0) is 13.1 Å². The summed E-state index contributed by atoms with van der Waals surface area (Å²) in [5.41, 5.74) is 8.57. The average Bonchev–Trinajstić information content (AvgIpc) is 2.38. The Kier molecular flexibility index (Phi) is 5.06. The summed E-state index contributed by atoms with van der Waals surface area (Å²) in [6.07, 6.45) is 1.73. The molecule has 0 unspecified atom stereocenters. The smallest absolute Gasteiger partial charge is 0.122 e. The lowest BCUT2D eigenvalue weighted by molar-refractivity contribution is 0.319. The highest BCUT2D eigenvalue weighted by atomic mass is 35.5. The first-order chi connectivity index (χ1) is 9.54. The van der Waals surface area contributed by atoms with Crippen molar-refractivity contribution in [1.29, 1.82) is 0 Å². The molecule has 0 aliphatic carbocycles. The van der Waals surface area contributed by atoms with Gasteiger partial charge in [0.1, 0.15) is 4.99 Å². The standard InChI is InChI=1S/C15H16ClN3S/c1-19(9-11-3-2-4-13(16)7-11)10-12-5-6-18-14(8-12)15(17)20/h2-8H,9-10H2,1H3,(H2,17,20). The van der Waals surface area contributed by atoms with E-state index in [0.29, 0.717) is 10.7 Å². The van der Waals surface area contributed by atoms with Gasteiger partial charge in [0.05, 0.1) is 5.69 Å². The Morgan fingerprint density at radius 1 is 1.25 bits per heavy atom. The van der Waals surface area contributed by atoms with Gasteiger partial charge in [-0.2, -0.15) is 0 Å². The minimum Gasteiger partial charge on any atom is -0.388 e. The van der Waals surface area contributed by atoms with Crippen LogP contribution in [0.25, 0.3) is 0 Å². The molecule has 2 aromatic rings. The van der Waals surface area contributed by atoms with Gasteiger partial charge in [-0.1, -0.05) is 36.0 Å². The van der Waals surface area contributed by atoms with Gasteiger partial charge in [0.15, 0.2) is 0 Å². The zero-order valence-electron chi connectivity index (χ0n) is 11.2. The van der Waals surface area contributed by atoms with Crippen LogP contribution >= 0.6 is 23.8 Å². The lowest BCUT2D eigenvalue weighted by Crippen LogP contribution is -2.18. The molecule has 0 aliphatic heterocycles. The van der Waals surface area contributed by atoms with Gasteiger partial charge in [0.2, 0.25) is 0 Å². The van der Waals surface area contributed by atoms with Gasteiger partial charge >= 0.3 is 0 Å². The predicted octanol–water partition coefficient (Wildman–Crippen LogP) is 3.00. The van der Waals surface area contributed by atoms with Gasteiger partial charge in [-0.15, -0.1) is 0 Å². The number of hydrogen-bond donors (Lipinski definition) is 1. The number of thiocarbonyl (C=S) groups is 1. The Morgan fingerprint density at radius 2 is 1.95 bits per heavy atom.